The molecule has 0 unspecified atom stereocenters. The second-order valence-corrected chi connectivity index (χ2v) is 11.4. The van der Waals surface area contributed by atoms with Crippen LogP contribution in [-0.2, 0) is 5.41 Å². The van der Waals surface area contributed by atoms with Gasteiger partial charge in [0, 0.05) is 15.6 Å². The molecule has 0 saturated heterocycles. The maximum atomic E-state index is 4.94. The van der Waals surface area contributed by atoms with E-state index in [0.29, 0.717) is 6.67 Å². The van der Waals surface area contributed by atoms with Gasteiger partial charge in [-0.25, -0.2) is 0 Å². The zero-order valence-electron chi connectivity index (χ0n) is 16.5. The molecular formula is C24H20N2S3. The van der Waals surface area contributed by atoms with Gasteiger partial charge in [0.2, 0.25) is 0 Å². The van der Waals surface area contributed by atoms with Crippen LogP contribution in [0.4, 0.5) is 5.69 Å². The van der Waals surface area contributed by atoms with Crippen LogP contribution in [0.25, 0.3) is 30.3 Å². The number of hydrogen-bond donors (Lipinski definition) is 1. The third-order valence-electron chi connectivity index (χ3n) is 5.62. The van der Waals surface area contributed by atoms with Crippen molar-refractivity contribution >= 4 is 75.7 Å². The fourth-order valence-corrected chi connectivity index (χ4v) is 7.66. The predicted octanol–water partition coefficient (Wildman–Crippen LogP) is 7.85. The van der Waals surface area contributed by atoms with E-state index in [1.807, 2.05) is 34.0 Å². The first-order chi connectivity index (χ1) is 14.0. The van der Waals surface area contributed by atoms with Crippen LogP contribution < -0.4 is 5.32 Å². The van der Waals surface area contributed by atoms with E-state index in [2.05, 4.69) is 73.2 Å². The van der Waals surface area contributed by atoms with Crippen molar-refractivity contribution < 1.29 is 0 Å². The summed E-state index contributed by atoms with van der Waals surface area (Å²) in [6.45, 7) is 7.53. The molecule has 1 N–H and O–H groups in total. The molecule has 5 aromatic rings. The number of fused-ring (bicyclic) bond motifs is 6. The molecular weight excluding hydrogens is 412 g/mol. The van der Waals surface area contributed by atoms with Crippen LogP contribution in [0.15, 0.2) is 52.2 Å². The molecule has 0 aliphatic carbocycles. The Bertz CT molecular complexity index is 1440. The summed E-state index contributed by atoms with van der Waals surface area (Å²) < 4.78 is 4.15. The highest BCUT2D eigenvalue weighted by Crippen LogP contribution is 2.44. The molecule has 4 heterocycles. The van der Waals surface area contributed by atoms with E-state index in [-0.39, 0.29) is 5.41 Å². The summed E-state index contributed by atoms with van der Waals surface area (Å²) in [6.07, 6.45) is 0. The minimum Gasteiger partial charge on any atom is -0.365 e. The number of nitrogens with one attached hydrogen (secondary N) is 1. The van der Waals surface area contributed by atoms with Crippen LogP contribution in [-0.4, -0.2) is 12.4 Å². The van der Waals surface area contributed by atoms with Crippen molar-refractivity contribution in [1.29, 1.82) is 0 Å². The van der Waals surface area contributed by atoms with E-state index >= 15 is 0 Å². The van der Waals surface area contributed by atoms with E-state index in [4.69, 9.17) is 4.99 Å². The minimum absolute atomic E-state index is 0.0959. The maximum Gasteiger partial charge on any atom is 0.108 e. The summed E-state index contributed by atoms with van der Waals surface area (Å²) in [6, 6.07) is 13.6. The molecule has 2 nitrogen and oxygen atoms in total. The smallest absolute Gasteiger partial charge is 0.108 e. The molecule has 0 bridgehead atoms. The zero-order chi connectivity index (χ0) is 19.8. The number of thiophene rings is 3. The lowest BCUT2D eigenvalue weighted by molar-refractivity contribution is 0.596. The molecule has 29 heavy (non-hydrogen) atoms. The Hall–Kier alpha value is -2.21. The Morgan fingerprint density at radius 1 is 0.897 bits per heavy atom. The van der Waals surface area contributed by atoms with Crippen molar-refractivity contribution in [2.24, 2.45) is 4.99 Å². The van der Waals surface area contributed by atoms with E-state index in [1.165, 1.54) is 51.9 Å². The summed E-state index contributed by atoms with van der Waals surface area (Å²) in [7, 11) is 0. The molecule has 0 radical (unpaired) electrons. The minimum atomic E-state index is 0.0959. The van der Waals surface area contributed by atoms with E-state index in [9.17, 15) is 0 Å². The lowest BCUT2D eigenvalue weighted by atomic mass is 9.84. The second kappa shape index (κ2) is 6.14. The average Bonchev–Trinajstić information content (AvgIpc) is 3.42. The van der Waals surface area contributed by atoms with Gasteiger partial charge in [0.15, 0.2) is 0 Å². The average molecular weight is 433 g/mol. The summed E-state index contributed by atoms with van der Waals surface area (Å²) in [5.41, 5.74) is 5.11. The van der Waals surface area contributed by atoms with E-state index in [0.717, 1.165) is 5.71 Å². The number of rotatable bonds is 1. The van der Waals surface area contributed by atoms with Crippen LogP contribution in [0, 0.1) is 0 Å². The second-order valence-electron chi connectivity index (χ2n) is 8.54. The molecule has 0 atom stereocenters. The van der Waals surface area contributed by atoms with Gasteiger partial charge in [-0.1, -0.05) is 32.9 Å². The van der Waals surface area contributed by atoms with Gasteiger partial charge in [-0.3, -0.25) is 4.99 Å². The molecule has 0 saturated carbocycles. The highest BCUT2D eigenvalue weighted by atomic mass is 32.1. The first-order valence-electron chi connectivity index (χ1n) is 9.74. The standard InChI is InChI=1S/C24H20N2S3/c1-24(2,3)17-11-15(10-14-7-9-27-20(14)17)18-23-19(26-12-25-18)16-5-4-13-6-8-28-21(13)22(16)29-23/h4-11,26H,12H2,1-3H3. The quantitative estimate of drug-likeness (QED) is 0.286. The Labute approximate surface area is 181 Å². The molecule has 6 rings (SSSR count). The lowest BCUT2D eigenvalue weighted by Gasteiger charge is -2.22. The third kappa shape index (κ3) is 2.61. The molecule has 1 aliphatic heterocycles. The summed E-state index contributed by atoms with van der Waals surface area (Å²) in [5, 5.41) is 11.9. The number of anilines is 1. The Kier molecular flexibility index (Phi) is 3.74. The van der Waals surface area contributed by atoms with Crippen molar-refractivity contribution in [1.82, 2.24) is 0 Å². The van der Waals surface area contributed by atoms with Crippen molar-refractivity contribution in [3.63, 3.8) is 0 Å². The van der Waals surface area contributed by atoms with Crippen molar-refractivity contribution in [3.8, 4) is 0 Å². The summed E-state index contributed by atoms with van der Waals surface area (Å²) >= 11 is 5.55. The fraction of sp³-hybridized carbons (Fsp3) is 0.208. The predicted molar refractivity (Wildman–Crippen MR) is 132 cm³/mol. The van der Waals surface area contributed by atoms with Crippen LogP contribution in [0.2, 0.25) is 0 Å². The van der Waals surface area contributed by atoms with Gasteiger partial charge >= 0.3 is 0 Å². The van der Waals surface area contributed by atoms with Gasteiger partial charge in [-0.15, -0.1) is 34.0 Å². The highest BCUT2D eigenvalue weighted by Gasteiger charge is 2.25. The molecule has 3 aromatic heterocycles. The van der Waals surface area contributed by atoms with Gasteiger partial charge in [0.1, 0.15) is 6.67 Å². The first kappa shape index (κ1) is 17.6. The number of hydrogen-bond acceptors (Lipinski definition) is 5. The Morgan fingerprint density at radius 2 is 1.69 bits per heavy atom. The SMILES string of the molecule is CC(C)(C)c1cc(C2=NCNc3c2sc2c3ccc3ccsc32)cc2ccsc12. The van der Waals surface area contributed by atoms with Gasteiger partial charge < -0.3 is 5.32 Å². The van der Waals surface area contributed by atoms with Crippen molar-refractivity contribution in [2.75, 3.05) is 12.0 Å². The largest absolute Gasteiger partial charge is 0.365 e. The van der Waals surface area contributed by atoms with E-state index < -0.39 is 0 Å². The summed E-state index contributed by atoms with van der Waals surface area (Å²) in [5.74, 6) is 0. The molecule has 0 spiro atoms. The Morgan fingerprint density at radius 3 is 2.52 bits per heavy atom. The zero-order valence-corrected chi connectivity index (χ0v) is 18.9. The molecule has 0 fully saturated rings. The van der Waals surface area contributed by atoms with E-state index in [1.54, 1.807) is 0 Å². The van der Waals surface area contributed by atoms with Gasteiger partial charge in [-0.05, 0) is 56.8 Å². The van der Waals surface area contributed by atoms with Crippen LogP contribution in [0.5, 0.6) is 0 Å². The first-order valence-corrected chi connectivity index (χ1v) is 12.3. The third-order valence-corrected chi connectivity index (χ3v) is 8.89. The highest BCUT2D eigenvalue weighted by molar-refractivity contribution is 7.28. The number of nitrogens with zero attached hydrogens (tertiary/aromatic N) is 1. The maximum absolute atomic E-state index is 4.94. The normalized spacial score (nSPS) is 14.4. The monoisotopic (exact) mass is 432 g/mol. The topological polar surface area (TPSA) is 24.4 Å². The Balaban J connectivity index is 1.61. The molecule has 5 heteroatoms. The van der Waals surface area contributed by atoms with Crippen LogP contribution in [0.1, 0.15) is 36.8 Å². The van der Waals surface area contributed by atoms with Gasteiger partial charge in [0.05, 0.1) is 25.7 Å². The van der Waals surface area contributed by atoms with Crippen molar-refractivity contribution in [2.45, 2.75) is 26.2 Å². The number of benzene rings is 2. The fourth-order valence-electron chi connectivity index (χ4n) is 4.19. The lowest BCUT2D eigenvalue weighted by Crippen LogP contribution is -2.16. The summed E-state index contributed by atoms with van der Waals surface area (Å²) in [4.78, 5) is 6.21. The molecule has 0 amide bonds. The van der Waals surface area contributed by atoms with Crippen LogP contribution in [0.3, 0.4) is 0 Å². The van der Waals surface area contributed by atoms with Gasteiger partial charge in [-0.2, -0.15) is 0 Å². The number of aliphatic imine (C=N–C) groups is 1. The molecule has 144 valence electrons. The van der Waals surface area contributed by atoms with Crippen LogP contribution >= 0.6 is 34.0 Å². The van der Waals surface area contributed by atoms with Gasteiger partial charge in [0.25, 0.3) is 0 Å². The van der Waals surface area contributed by atoms with Crippen molar-refractivity contribution in [3.05, 3.63) is 63.2 Å². The molecule has 2 aromatic carbocycles. The molecule has 1 aliphatic rings.